The molecule has 1 N–H and O–H groups in total. The van der Waals surface area contributed by atoms with Crippen molar-refractivity contribution < 1.29 is 0 Å². The second-order valence-corrected chi connectivity index (χ2v) is 7.91. The Hall–Kier alpha value is -0.880. The Morgan fingerprint density at radius 2 is 1.95 bits per heavy atom. The summed E-state index contributed by atoms with van der Waals surface area (Å²) >= 11 is 3.53. The molecule has 0 aliphatic heterocycles. The molecule has 4 rings (SSSR count). The van der Waals surface area contributed by atoms with E-state index in [1.165, 1.54) is 55.6 Å². The highest BCUT2D eigenvalue weighted by atomic mass is 32.2. The van der Waals surface area contributed by atoms with Crippen LogP contribution in [0.4, 0.5) is 0 Å². The summed E-state index contributed by atoms with van der Waals surface area (Å²) in [6.45, 7) is 0. The second-order valence-electron chi connectivity index (χ2n) is 6.08. The van der Waals surface area contributed by atoms with Gasteiger partial charge in [0.05, 0.1) is 10.7 Å². The van der Waals surface area contributed by atoms with Crippen LogP contribution >= 0.6 is 23.1 Å². The van der Waals surface area contributed by atoms with Crippen LogP contribution in [0.2, 0.25) is 0 Å². The fourth-order valence-electron chi connectivity index (χ4n) is 2.93. The molecule has 0 unspecified atom stereocenters. The van der Waals surface area contributed by atoms with Crippen LogP contribution in [-0.4, -0.2) is 20.2 Å². The van der Waals surface area contributed by atoms with Gasteiger partial charge in [0.2, 0.25) is 5.16 Å². The Labute approximate surface area is 133 Å². The van der Waals surface area contributed by atoms with E-state index in [9.17, 15) is 0 Å². The van der Waals surface area contributed by atoms with Gasteiger partial charge in [-0.05, 0) is 25.7 Å². The van der Waals surface area contributed by atoms with Crippen molar-refractivity contribution in [2.24, 2.45) is 0 Å². The first-order chi connectivity index (χ1) is 10.4. The van der Waals surface area contributed by atoms with Gasteiger partial charge in [-0.25, -0.2) is 9.97 Å². The van der Waals surface area contributed by atoms with Crippen molar-refractivity contribution in [2.45, 2.75) is 67.7 Å². The number of thioether (sulfide) groups is 1. The zero-order valence-corrected chi connectivity index (χ0v) is 13.7. The standard InChI is InChI=1S/C15H20N4S2/c1-2-4-11(5-3-1)14-16-12(8-20-14)9-21-15-17-13(18-19-15)10-6-7-10/h8,10-11H,1-7,9H2,(H,17,18,19). The Bertz CT molecular complexity index is 596. The molecule has 4 nitrogen and oxygen atoms in total. The fourth-order valence-corrected chi connectivity index (χ4v) is 4.72. The van der Waals surface area contributed by atoms with Gasteiger partial charge in [0.1, 0.15) is 5.82 Å². The summed E-state index contributed by atoms with van der Waals surface area (Å²) in [4.78, 5) is 9.39. The Balaban J connectivity index is 1.34. The summed E-state index contributed by atoms with van der Waals surface area (Å²) in [6, 6.07) is 0. The minimum absolute atomic E-state index is 0.643. The van der Waals surface area contributed by atoms with E-state index in [4.69, 9.17) is 4.98 Å². The van der Waals surface area contributed by atoms with Gasteiger partial charge in [0, 0.05) is 23.0 Å². The molecule has 2 aromatic rings. The Morgan fingerprint density at radius 1 is 1.10 bits per heavy atom. The van der Waals surface area contributed by atoms with Gasteiger partial charge in [0.15, 0.2) is 0 Å². The summed E-state index contributed by atoms with van der Waals surface area (Å²) in [6.07, 6.45) is 9.31. The molecule has 0 spiro atoms. The van der Waals surface area contributed by atoms with Crippen molar-refractivity contribution in [1.29, 1.82) is 0 Å². The molecule has 2 aromatic heterocycles. The van der Waals surface area contributed by atoms with Crippen LogP contribution in [0.3, 0.4) is 0 Å². The van der Waals surface area contributed by atoms with Crippen LogP contribution in [0.1, 0.15) is 73.3 Å². The van der Waals surface area contributed by atoms with Crippen molar-refractivity contribution in [3.63, 3.8) is 0 Å². The maximum atomic E-state index is 4.84. The second kappa shape index (κ2) is 6.08. The van der Waals surface area contributed by atoms with E-state index >= 15 is 0 Å². The molecule has 0 atom stereocenters. The van der Waals surface area contributed by atoms with Crippen molar-refractivity contribution in [3.05, 3.63) is 21.9 Å². The maximum absolute atomic E-state index is 4.84. The number of hydrogen-bond acceptors (Lipinski definition) is 5. The molecule has 6 heteroatoms. The lowest BCUT2D eigenvalue weighted by molar-refractivity contribution is 0.442. The van der Waals surface area contributed by atoms with Gasteiger partial charge in [-0.15, -0.1) is 16.4 Å². The minimum Gasteiger partial charge on any atom is -0.262 e. The molecule has 2 heterocycles. The molecule has 0 aromatic carbocycles. The van der Waals surface area contributed by atoms with E-state index in [1.807, 2.05) is 11.3 Å². The molecule has 2 aliphatic rings. The van der Waals surface area contributed by atoms with Crippen LogP contribution in [0.5, 0.6) is 0 Å². The number of hydrogen-bond donors (Lipinski definition) is 1. The largest absolute Gasteiger partial charge is 0.262 e. The third-order valence-corrected chi connectivity index (χ3v) is 6.26. The number of rotatable bonds is 5. The van der Waals surface area contributed by atoms with E-state index in [-0.39, 0.29) is 0 Å². The van der Waals surface area contributed by atoms with E-state index in [0.29, 0.717) is 11.8 Å². The number of H-pyrrole nitrogens is 1. The number of nitrogens with one attached hydrogen (secondary N) is 1. The van der Waals surface area contributed by atoms with E-state index in [2.05, 4.69) is 20.6 Å². The normalized spacial score (nSPS) is 20.0. The van der Waals surface area contributed by atoms with Crippen molar-refractivity contribution in [2.75, 3.05) is 0 Å². The molecule has 0 bridgehead atoms. The highest BCUT2D eigenvalue weighted by Crippen LogP contribution is 2.38. The zero-order chi connectivity index (χ0) is 14.1. The van der Waals surface area contributed by atoms with Gasteiger partial charge in [-0.3, -0.25) is 5.10 Å². The maximum Gasteiger partial charge on any atom is 0.208 e. The van der Waals surface area contributed by atoms with Gasteiger partial charge >= 0.3 is 0 Å². The first-order valence-corrected chi connectivity index (χ1v) is 9.74. The lowest BCUT2D eigenvalue weighted by Gasteiger charge is -2.18. The average Bonchev–Trinajstić information content (AvgIpc) is 3.09. The number of aromatic amines is 1. The highest BCUT2D eigenvalue weighted by molar-refractivity contribution is 7.98. The Kier molecular flexibility index (Phi) is 3.99. The predicted octanol–water partition coefficient (Wildman–Crippen LogP) is 4.48. The molecule has 112 valence electrons. The molecule has 2 aliphatic carbocycles. The highest BCUT2D eigenvalue weighted by Gasteiger charge is 2.27. The minimum atomic E-state index is 0.643. The molecule has 0 saturated heterocycles. The lowest BCUT2D eigenvalue weighted by atomic mass is 9.90. The monoisotopic (exact) mass is 320 g/mol. The van der Waals surface area contributed by atoms with Crippen LogP contribution in [0.15, 0.2) is 10.5 Å². The van der Waals surface area contributed by atoms with Gasteiger partial charge in [-0.1, -0.05) is 31.0 Å². The van der Waals surface area contributed by atoms with Crippen molar-refractivity contribution >= 4 is 23.1 Å². The Morgan fingerprint density at radius 3 is 2.76 bits per heavy atom. The fraction of sp³-hybridized carbons (Fsp3) is 0.667. The molecule has 21 heavy (non-hydrogen) atoms. The summed E-state index contributed by atoms with van der Waals surface area (Å²) in [7, 11) is 0. The SMILES string of the molecule is c1sc(C2CCCCC2)nc1CSc1n[nH]c(C2CC2)n1. The molecular formula is C15H20N4S2. The smallest absolute Gasteiger partial charge is 0.208 e. The predicted molar refractivity (Wildman–Crippen MR) is 85.9 cm³/mol. The molecule has 2 saturated carbocycles. The summed E-state index contributed by atoms with van der Waals surface area (Å²) in [5, 5.41) is 11.8. The zero-order valence-electron chi connectivity index (χ0n) is 12.0. The van der Waals surface area contributed by atoms with Crippen LogP contribution < -0.4 is 0 Å². The number of thiazole rings is 1. The summed E-state index contributed by atoms with van der Waals surface area (Å²) in [5.41, 5.74) is 1.18. The van der Waals surface area contributed by atoms with Crippen LogP contribution in [0, 0.1) is 0 Å². The number of aromatic nitrogens is 4. The third-order valence-electron chi connectivity index (χ3n) is 4.32. The average molecular weight is 320 g/mol. The first-order valence-electron chi connectivity index (χ1n) is 7.88. The molecule has 0 amide bonds. The molecule has 0 radical (unpaired) electrons. The number of nitrogens with zero attached hydrogens (tertiary/aromatic N) is 3. The first kappa shape index (κ1) is 13.8. The van der Waals surface area contributed by atoms with E-state index in [1.54, 1.807) is 11.8 Å². The third kappa shape index (κ3) is 3.31. The molecule has 2 fully saturated rings. The topological polar surface area (TPSA) is 54.5 Å². The van der Waals surface area contributed by atoms with E-state index < -0.39 is 0 Å². The molecular weight excluding hydrogens is 300 g/mol. The lowest BCUT2D eigenvalue weighted by Crippen LogP contribution is -2.04. The van der Waals surface area contributed by atoms with Gasteiger partial charge < -0.3 is 0 Å². The van der Waals surface area contributed by atoms with Gasteiger partial charge in [0.25, 0.3) is 0 Å². The van der Waals surface area contributed by atoms with Crippen molar-refractivity contribution in [3.8, 4) is 0 Å². The van der Waals surface area contributed by atoms with Crippen LogP contribution in [-0.2, 0) is 5.75 Å². The van der Waals surface area contributed by atoms with Gasteiger partial charge in [-0.2, -0.15) is 0 Å². The summed E-state index contributed by atoms with van der Waals surface area (Å²) < 4.78 is 0. The van der Waals surface area contributed by atoms with Crippen molar-refractivity contribution in [1.82, 2.24) is 20.2 Å². The van der Waals surface area contributed by atoms with Crippen LogP contribution in [0.25, 0.3) is 0 Å². The quantitative estimate of drug-likeness (QED) is 0.825. The van der Waals surface area contributed by atoms with E-state index in [0.717, 1.165) is 16.7 Å². The summed E-state index contributed by atoms with van der Waals surface area (Å²) in [5.74, 6) is 3.31.